The molecule has 0 bridgehead atoms. The summed E-state index contributed by atoms with van der Waals surface area (Å²) in [6.07, 6.45) is 7.12. The van der Waals surface area contributed by atoms with E-state index in [1.165, 1.54) is 25.7 Å². The van der Waals surface area contributed by atoms with Crippen LogP contribution in [0.5, 0.6) is 0 Å². The molecule has 3 nitrogen and oxygen atoms in total. The normalized spacial score (nSPS) is 23.1. The monoisotopic (exact) mass is 279 g/mol. The number of aromatic carboxylic acids is 1. The van der Waals surface area contributed by atoms with E-state index in [-0.39, 0.29) is 0 Å². The van der Waals surface area contributed by atoms with E-state index in [2.05, 4.69) is 11.6 Å². The lowest BCUT2D eigenvalue weighted by Gasteiger charge is -2.29. The Bertz CT molecular complexity index is 453. The van der Waals surface area contributed by atoms with Crippen molar-refractivity contribution in [3.63, 3.8) is 0 Å². The molecule has 1 aromatic rings. The Morgan fingerprint density at radius 2 is 2.00 bits per heavy atom. The van der Waals surface area contributed by atoms with Crippen molar-refractivity contribution < 1.29 is 9.90 Å². The molecule has 0 aromatic heterocycles. The molecule has 1 aromatic carbocycles. The number of thioether (sulfide) groups is 1. The van der Waals surface area contributed by atoms with Gasteiger partial charge in [-0.25, -0.2) is 4.79 Å². The molecule has 0 amide bonds. The molecule has 1 aliphatic carbocycles. The SMILES string of the molecule is CSC1CCC(Nc2ccc(C(=O)O)c(C)c2)CC1. The Hall–Kier alpha value is -1.16. The summed E-state index contributed by atoms with van der Waals surface area (Å²) < 4.78 is 0. The number of aryl methyl sites for hydroxylation is 1. The summed E-state index contributed by atoms with van der Waals surface area (Å²) >= 11 is 1.97. The number of anilines is 1. The highest BCUT2D eigenvalue weighted by atomic mass is 32.2. The number of benzene rings is 1. The molecule has 104 valence electrons. The zero-order chi connectivity index (χ0) is 13.8. The highest BCUT2D eigenvalue weighted by molar-refractivity contribution is 7.99. The minimum atomic E-state index is -0.857. The molecule has 1 fully saturated rings. The number of hydrogen-bond acceptors (Lipinski definition) is 3. The van der Waals surface area contributed by atoms with Gasteiger partial charge in [-0.3, -0.25) is 0 Å². The minimum Gasteiger partial charge on any atom is -0.478 e. The minimum absolute atomic E-state index is 0.386. The molecule has 0 unspecified atom stereocenters. The predicted molar refractivity (Wildman–Crippen MR) is 81.3 cm³/mol. The van der Waals surface area contributed by atoms with E-state index < -0.39 is 5.97 Å². The molecule has 0 spiro atoms. The van der Waals surface area contributed by atoms with Crippen molar-refractivity contribution >= 4 is 23.4 Å². The Kier molecular flexibility index (Phi) is 4.75. The maximum Gasteiger partial charge on any atom is 0.335 e. The van der Waals surface area contributed by atoms with Crippen LogP contribution in [-0.2, 0) is 0 Å². The zero-order valence-electron chi connectivity index (χ0n) is 11.5. The molecule has 0 aliphatic heterocycles. The fourth-order valence-electron chi connectivity index (χ4n) is 2.67. The average molecular weight is 279 g/mol. The van der Waals surface area contributed by atoms with E-state index in [4.69, 9.17) is 5.11 Å². The Labute approximate surface area is 118 Å². The highest BCUT2D eigenvalue weighted by Crippen LogP contribution is 2.29. The molecule has 1 aliphatic rings. The van der Waals surface area contributed by atoms with Gasteiger partial charge in [0.05, 0.1) is 5.56 Å². The second-order valence-corrected chi connectivity index (χ2v) is 6.33. The summed E-state index contributed by atoms with van der Waals surface area (Å²) in [5.74, 6) is -0.857. The van der Waals surface area contributed by atoms with Crippen molar-refractivity contribution in [2.45, 2.75) is 43.9 Å². The third-order valence-electron chi connectivity index (χ3n) is 3.84. The smallest absolute Gasteiger partial charge is 0.335 e. The van der Waals surface area contributed by atoms with Crippen LogP contribution >= 0.6 is 11.8 Å². The quantitative estimate of drug-likeness (QED) is 0.880. The van der Waals surface area contributed by atoms with E-state index in [0.29, 0.717) is 11.6 Å². The van der Waals surface area contributed by atoms with Crippen molar-refractivity contribution in [1.82, 2.24) is 0 Å². The van der Waals surface area contributed by atoms with Gasteiger partial charge in [0.1, 0.15) is 0 Å². The van der Waals surface area contributed by atoms with Crippen LogP contribution in [0.3, 0.4) is 0 Å². The lowest BCUT2D eigenvalue weighted by molar-refractivity contribution is 0.0696. The molecule has 2 N–H and O–H groups in total. The first-order chi connectivity index (χ1) is 9.10. The summed E-state index contributed by atoms with van der Waals surface area (Å²) in [7, 11) is 0. The summed E-state index contributed by atoms with van der Waals surface area (Å²) in [6, 6.07) is 6.02. The van der Waals surface area contributed by atoms with Crippen LogP contribution in [0.25, 0.3) is 0 Å². The number of carboxylic acid groups (broad SMARTS) is 1. The molecule has 1 saturated carbocycles. The van der Waals surface area contributed by atoms with Crippen LogP contribution < -0.4 is 5.32 Å². The van der Waals surface area contributed by atoms with Gasteiger partial charge in [0, 0.05) is 17.0 Å². The Morgan fingerprint density at radius 3 is 2.53 bits per heavy atom. The third kappa shape index (κ3) is 3.66. The van der Waals surface area contributed by atoms with E-state index in [9.17, 15) is 4.79 Å². The molecule has 0 atom stereocenters. The molecule has 4 heteroatoms. The highest BCUT2D eigenvalue weighted by Gasteiger charge is 2.20. The van der Waals surface area contributed by atoms with Crippen molar-refractivity contribution in [1.29, 1.82) is 0 Å². The van der Waals surface area contributed by atoms with Crippen LogP contribution in [0.2, 0.25) is 0 Å². The number of nitrogens with one attached hydrogen (secondary N) is 1. The first kappa shape index (κ1) is 14.3. The Balaban J connectivity index is 1.97. The van der Waals surface area contributed by atoms with Crippen LogP contribution in [0.4, 0.5) is 5.69 Å². The number of rotatable bonds is 4. The van der Waals surface area contributed by atoms with Crippen LogP contribution in [0.15, 0.2) is 18.2 Å². The first-order valence-electron chi connectivity index (χ1n) is 6.73. The lowest BCUT2D eigenvalue weighted by atomic mass is 9.94. The molecular weight excluding hydrogens is 258 g/mol. The standard InChI is InChI=1S/C15H21NO2S/c1-10-9-12(5-8-14(10)15(17)18)16-11-3-6-13(19-2)7-4-11/h5,8-9,11,13,16H,3-4,6-7H2,1-2H3,(H,17,18). The lowest BCUT2D eigenvalue weighted by Crippen LogP contribution is -2.27. The van der Waals surface area contributed by atoms with Gasteiger partial charge in [-0.1, -0.05) is 0 Å². The van der Waals surface area contributed by atoms with E-state index in [0.717, 1.165) is 16.5 Å². The Morgan fingerprint density at radius 1 is 1.32 bits per heavy atom. The second-order valence-electron chi connectivity index (χ2n) is 5.19. The second kappa shape index (κ2) is 6.33. The maximum atomic E-state index is 11.0. The van der Waals surface area contributed by atoms with Gasteiger partial charge in [0.15, 0.2) is 0 Å². The van der Waals surface area contributed by atoms with Gasteiger partial charge in [-0.2, -0.15) is 11.8 Å². The van der Waals surface area contributed by atoms with Crippen molar-refractivity contribution in [2.75, 3.05) is 11.6 Å². The largest absolute Gasteiger partial charge is 0.478 e. The van der Waals surface area contributed by atoms with Gasteiger partial charge < -0.3 is 10.4 Å². The van der Waals surface area contributed by atoms with Crippen LogP contribution in [-0.4, -0.2) is 28.6 Å². The van der Waals surface area contributed by atoms with Crippen LogP contribution in [0.1, 0.15) is 41.6 Å². The molecule has 0 saturated heterocycles. The topological polar surface area (TPSA) is 49.3 Å². The summed E-state index contributed by atoms with van der Waals surface area (Å²) in [6.45, 7) is 1.85. The molecule has 2 rings (SSSR count). The van der Waals surface area contributed by atoms with Gasteiger partial charge in [0.2, 0.25) is 0 Å². The number of hydrogen-bond donors (Lipinski definition) is 2. The van der Waals surface area contributed by atoms with Gasteiger partial charge in [-0.05, 0) is 62.6 Å². The predicted octanol–water partition coefficient (Wildman–Crippen LogP) is 3.78. The molecular formula is C15H21NO2S. The van der Waals surface area contributed by atoms with Gasteiger partial charge >= 0.3 is 5.97 Å². The summed E-state index contributed by atoms with van der Waals surface area (Å²) in [5, 5.41) is 13.4. The van der Waals surface area contributed by atoms with Crippen molar-refractivity contribution in [3.05, 3.63) is 29.3 Å². The fraction of sp³-hybridized carbons (Fsp3) is 0.533. The zero-order valence-corrected chi connectivity index (χ0v) is 12.3. The maximum absolute atomic E-state index is 11.0. The van der Waals surface area contributed by atoms with E-state index >= 15 is 0 Å². The fourth-order valence-corrected chi connectivity index (χ4v) is 3.42. The molecule has 19 heavy (non-hydrogen) atoms. The van der Waals surface area contributed by atoms with Gasteiger partial charge in [0.25, 0.3) is 0 Å². The van der Waals surface area contributed by atoms with Crippen LogP contribution in [0, 0.1) is 6.92 Å². The number of carboxylic acids is 1. The van der Waals surface area contributed by atoms with E-state index in [1.807, 2.05) is 30.8 Å². The van der Waals surface area contributed by atoms with E-state index in [1.54, 1.807) is 6.07 Å². The van der Waals surface area contributed by atoms with Crippen molar-refractivity contribution in [2.24, 2.45) is 0 Å². The first-order valence-corrected chi connectivity index (χ1v) is 8.02. The molecule has 0 radical (unpaired) electrons. The summed E-state index contributed by atoms with van der Waals surface area (Å²) in [4.78, 5) is 11.0. The average Bonchev–Trinajstić information content (AvgIpc) is 2.39. The third-order valence-corrected chi connectivity index (χ3v) is 4.97. The summed E-state index contributed by atoms with van der Waals surface area (Å²) in [5.41, 5.74) is 2.24. The molecule has 0 heterocycles. The van der Waals surface area contributed by atoms with Gasteiger partial charge in [-0.15, -0.1) is 0 Å². The van der Waals surface area contributed by atoms with Crippen molar-refractivity contribution in [3.8, 4) is 0 Å². The number of carbonyl (C=O) groups is 1.